The van der Waals surface area contributed by atoms with Crippen molar-refractivity contribution >= 4 is 29.1 Å². The van der Waals surface area contributed by atoms with Gasteiger partial charge in [-0.2, -0.15) is 0 Å². The van der Waals surface area contributed by atoms with E-state index in [9.17, 15) is 14.7 Å². The third kappa shape index (κ3) is 5.36. The van der Waals surface area contributed by atoms with Gasteiger partial charge in [0.1, 0.15) is 0 Å². The fourth-order valence-corrected chi connectivity index (χ4v) is 2.20. The number of hydrogen-bond acceptors (Lipinski definition) is 3. The first kappa shape index (κ1) is 17.5. The van der Waals surface area contributed by atoms with E-state index < -0.39 is 17.9 Å². The summed E-state index contributed by atoms with van der Waals surface area (Å²) in [4.78, 5) is 23.4. The van der Waals surface area contributed by atoms with Crippen LogP contribution in [0.15, 0.2) is 24.3 Å². The third-order valence-electron chi connectivity index (χ3n) is 3.39. The van der Waals surface area contributed by atoms with Crippen molar-refractivity contribution < 1.29 is 14.7 Å². The Labute approximate surface area is 129 Å². The Morgan fingerprint density at radius 3 is 2.38 bits per heavy atom. The van der Waals surface area contributed by atoms with Gasteiger partial charge in [-0.1, -0.05) is 50.4 Å². The molecule has 1 rings (SSSR count). The van der Waals surface area contributed by atoms with Crippen LogP contribution in [0.4, 0.5) is 5.69 Å². The van der Waals surface area contributed by atoms with Crippen LogP contribution in [0.1, 0.15) is 26.7 Å². The molecule has 116 valence electrons. The maximum atomic E-state index is 11.7. The van der Waals surface area contributed by atoms with Crippen molar-refractivity contribution in [3.63, 3.8) is 0 Å². The molecule has 0 spiro atoms. The number of anilines is 1. The van der Waals surface area contributed by atoms with Crippen molar-refractivity contribution in [1.29, 1.82) is 0 Å². The quantitative estimate of drug-likeness (QED) is 0.705. The highest BCUT2D eigenvalue weighted by atomic mass is 35.5. The number of rotatable bonds is 6. The summed E-state index contributed by atoms with van der Waals surface area (Å²) in [6.07, 6.45) is 0.982. The summed E-state index contributed by atoms with van der Waals surface area (Å²) in [7, 11) is 0. The Hall–Kier alpha value is -1.59. The Morgan fingerprint density at radius 1 is 1.19 bits per heavy atom. The van der Waals surface area contributed by atoms with Gasteiger partial charge in [0.05, 0.1) is 16.8 Å². The van der Waals surface area contributed by atoms with Crippen LogP contribution in [0.25, 0.3) is 0 Å². The smallest absolute Gasteiger partial charge is 0.313 e. The van der Waals surface area contributed by atoms with E-state index in [-0.39, 0.29) is 12.5 Å². The second-order valence-corrected chi connectivity index (χ2v) is 5.20. The lowest BCUT2D eigenvalue weighted by Gasteiger charge is -2.20. The molecule has 0 saturated carbocycles. The Balaban J connectivity index is 2.49. The van der Waals surface area contributed by atoms with Gasteiger partial charge in [0.15, 0.2) is 0 Å². The van der Waals surface area contributed by atoms with Gasteiger partial charge in [-0.3, -0.25) is 9.59 Å². The first-order valence-corrected chi connectivity index (χ1v) is 7.39. The fourth-order valence-electron chi connectivity index (χ4n) is 2.02. The molecule has 0 bridgehead atoms. The van der Waals surface area contributed by atoms with Crippen LogP contribution >= 0.6 is 11.6 Å². The van der Waals surface area contributed by atoms with Gasteiger partial charge >= 0.3 is 11.8 Å². The van der Waals surface area contributed by atoms with E-state index in [1.54, 1.807) is 24.3 Å². The van der Waals surface area contributed by atoms with Crippen molar-refractivity contribution in [3.05, 3.63) is 29.3 Å². The van der Waals surface area contributed by atoms with E-state index in [1.807, 2.05) is 13.8 Å². The van der Waals surface area contributed by atoms with Gasteiger partial charge in [0, 0.05) is 6.54 Å². The third-order valence-corrected chi connectivity index (χ3v) is 3.72. The summed E-state index contributed by atoms with van der Waals surface area (Å²) >= 11 is 5.89. The summed E-state index contributed by atoms with van der Waals surface area (Å²) in [5, 5.41) is 15.1. The highest BCUT2D eigenvalue weighted by Gasteiger charge is 2.19. The van der Waals surface area contributed by atoms with E-state index in [0.717, 1.165) is 12.8 Å². The van der Waals surface area contributed by atoms with Crippen molar-refractivity contribution in [2.45, 2.75) is 32.8 Å². The van der Waals surface area contributed by atoms with Crippen LogP contribution in [0.3, 0.4) is 0 Å². The predicted molar refractivity (Wildman–Crippen MR) is 83.2 cm³/mol. The lowest BCUT2D eigenvalue weighted by Crippen LogP contribution is -2.41. The van der Waals surface area contributed by atoms with E-state index in [4.69, 9.17) is 11.6 Å². The number of para-hydroxylation sites is 1. The average molecular weight is 313 g/mol. The monoisotopic (exact) mass is 312 g/mol. The second-order valence-electron chi connectivity index (χ2n) is 4.79. The molecule has 0 fully saturated rings. The van der Waals surface area contributed by atoms with E-state index in [1.165, 1.54) is 0 Å². The van der Waals surface area contributed by atoms with Crippen LogP contribution in [-0.4, -0.2) is 29.6 Å². The minimum Gasteiger partial charge on any atom is -0.391 e. The van der Waals surface area contributed by atoms with E-state index in [0.29, 0.717) is 10.7 Å². The molecule has 3 N–H and O–H groups in total. The summed E-state index contributed by atoms with van der Waals surface area (Å²) in [6, 6.07) is 6.65. The molecule has 0 aliphatic rings. The standard InChI is InChI=1S/C15H21ClN2O3/c1-3-10(4-2)13(19)9-17-14(20)15(21)18-12-8-6-5-7-11(12)16/h5-8,10,13,19H,3-4,9H2,1-2H3,(H,17,20)(H,18,21). The van der Waals surface area contributed by atoms with Gasteiger partial charge in [0.25, 0.3) is 0 Å². The van der Waals surface area contributed by atoms with Crippen LogP contribution in [-0.2, 0) is 9.59 Å². The number of carbonyl (C=O) groups is 2. The van der Waals surface area contributed by atoms with Crippen LogP contribution in [0.5, 0.6) is 0 Å². The SMILES string of the molecule is CCC(CC)C(O)CNC(=O)C(=O)Nc1ccccc1Cl. The fraction of sp³-hybridized carbons (Fsp3) is 0.467. The second kappa shape index (κ2) is 8.64. The zero-order valence-electron chi connectivity index (χ0n) is 12.2. The van der Waals surface area contributed by atoms with Crippen molar-refractivity contribution in [3.8, 4) is 0 Å². The number of aliphatic hydroxyl groups excluding tert-OH is 1. The number of hydrogen-bond donors (Lipinski definition) is 3. The van der Waals surface area contributed by atoms with Gasteiger partial charge in [0.2, 0.25) is 0 Å². The minimum absolute atomic E-state index is 0.0567. The van der Waals surface area contributed by atoms with Crippen LogP contribution < -0.4 is 10.6 Å². The lowest BCUT2D eigenvalue weighted by atomic mass is 9.96. The van der Waals surface area contributed by atoms with Crippen LogP contribution in [0.2, 0.25) is 5.02 Å². The van der Waals surface area contributed by atoms with Crippen molar-refractivity contribution in [2.24, 2.45) is 5.92 Å². The number of carbonyl (C=O) groups excluding carboxylic acids is 2. The van der Waals surface area contributed by atoms with Crippen molar-refractivity contribution in [2.75, 3.05) is 11.9 Å². The average Bonchev–Trinajstić information content (AvgIpc) is 2.48. The topological polar surface area (TPSA) is 78.4 Å². The summed E-state index contributed by atoms with van der Waals surface area (Å²) in [6.45, 7) is 4.01. The normalized spacial score (nSPS) is 12.0. The van der Waals surface area contributed by atoms with Gasteiger partial charge < -0.3 is 15.7 Å². The highest BCUT2D eigenvalue weighted by molar-refractivity contribution is 6.41. The molecule has 1 atom stereocenters. The number of aliphatic hydroxyl groups is 1. The first-order valence-electron chi connectivity index (χ1n) is 7.01. The molecule has 1 aromatic carbocycles. The van der Waals surface area contributed by atoms with Gasteiger partial charge in [-0.05, 0) is 18.1 Å². The molecule has 0 radical (unpaired) electrons. The zero-order valence-corrected chi connectivity index (χ0v) is 13.0. The Bertz CT molecular complexity index is 490. The summed E-state index contributed by atoms with van der Waals surface area (Å²) < 4.78 is 0. The Kier molecular flexibility index (Phi) is 7.19. The van der Waals surface area contributed by atoms with E-state index >= 15 is 0 Å². The molecular weight excluding hydrogens is 292 g/mol. The summed E-state index contributed by atoms with van der Waals surface area (Å²) in [5.41, 5.74) is 0.375. The number of halogens is 1. The number of amides is 2. The van der Waals surface area contributed by atoms with Gasteiger partial charge in [-0.25, -0.2) is 0 Å². The first-order chi connectivity index (χ1) is 9.99. The van der Waals surface area contributed by atoms with Crippen molar-refractivity contribution in [1.82, 2.24) is 5.32 Å². The molecule has 0 aromatic heterocycles. The maximum absolute atomic E-state index is 11.7. The number of nitrogens with one attached hydrogen (secondary N) is 2. The minimum atomic E-state index is -0.806. The molecule has 1 aromatic rings. The molecule has 21 heavy (non-hydrogen) atoms. The van der Waals surface area contributed by atoms with Crippen LogP contribution in [0, 0.1) is 5.92 Å². The molecular formula is C15H21ClN2O3. The lowest BCUT2D eigenvalue weighted by molar-refractivity contribution is -0.136. The molecule has 0 saturated heterocycles. The molecule has 5 nitrogen and oxygen atoms in total. The van der Waals surface area contributed by atoms with Gasteiger partial charge in [-0.15, -0.1) is 0 Å². The highest BCUT2D eigenvalue weighted by Crippen LogP contribution is 2.20. The molecule has 6 heteroatoms. The molecule has 0 heterocycles. The Morgan fingerprint density at radius 2 is 1.81 bits per heavy atom. The predicted octanol–water partition coefficient (Wildman–Crippen LogP) is 2.19. The molecule has 2 amide bonds. The van der Waals surface area contributed by atoms with E-state index in [2.05, 4.69) is 10.6 Å². The largest absolute Gasteiger partial charge is 0.391 e. The summed E-state index contributed by atoms with van der Waals surface area (Å²) in [5.74, 6) is -1.49. The molecule has 0 aliphatic heterocycles. The molecule has 0 aliphatic carbocycles. The zero-order chi connectivity index (χ0) is 15.8. The maximum Gasteiger partial charge on any atom is 0.313 e. The molecule has 1 unspecified atom stereocenters. The number of benzene rings is 1.